The van der Waals surface area contributed by atoms with Gasteiger partial charge in [-0.25, -0.2) is 4.98 Å². The van der Waals surface area contributed by atoms with Gasteiger partial charge in [0.25, 0.3) is 5.97 Å². The summed E-state index contributed by atoms with van der Waals surface area (Å²) < 4.78 is 3.32. The van der Waals surface area contributed by atoms with E-state index in [0.29, 0.717) is 0 Å². The summed E-state index contributed by atoms with van der Waals surface area (Å²) in [4.78, 5) is 14.2. The van der Waals surface area contributed by atoms with Crippen molar-refractivity contribution in [2.45, 2.75) is 6.92 Å². The number of imidazole rings is 1. The molecule has 0 atom stereocenters. The fourth-order valence-corrected chi connectivity index (χ4v) is 3.97. The fraction of sp³-hybridized carbons (Fsp3) is 0.0345. The first-order valence-electron chi connectivity index (χ1n) is 10.8. The van der Waals surface area contributed by atoms with Crippen molar-refractivity contribution in [1.29, 1.82) is 0 Å². The van der Waals surface area contributed by atoms with Crippen LogP contribution in [-0.2, 0) is 4.79 Å². The number of nitrogens with zero attached hydrogens (tertiary/aromatic N) is 2. The number of benzene rings is 4. The van der Waals surface area contributed by atoms with Crippen LogP contribution in [0.5, 0.6) is 0 Å². The number of halogens is 1. The molecule has 5 aromatic rings. The first kappa shape index (κ1) is 23.2. The van der Waals surface area contributed by atoms with Crippen molar-refractivity contribution in [3.63, 3.8) is 0 Å². The van der Waals surface area contributed by atoms with Gasteiger partial charge in [-0.3, -0.25) is 9.36 Å². The average Bonchev–Trinajstić information content (AvgIpc) is 3.26. The second-order valence-electron chi connectivity index (χ2n) is 7.56. The van der Waals surface area contributed by atoms with Crippen LogP contribution < -0.4 is 0 Å². The first-order chi connectivity index (χ1) is 16.5. The number of hydrogen-bond donors (Lipinski definition) is 1. The number of carboxylic acid groups (broad SMARTS) is 1. The molecule has 1 aromatic heterocycles. The molecule has 0 radical (unpaired) electrons. The minimum absolute atomic E-state index is 0.833. The second kappa shape index (κ2) is 10.8. The monoisotopic (exact) mass is 510 g/mol. The van der Waals surface area contributed by atoms with Crippen LogP contribution in [0.15, 0.2) is 120 Å². The van der Waals surface area contributed by atoms with Crippen LogP contribution in [0.25, 0.3) is 39.6 Å². The number of aliphatic carboxylic acids is 1. The molecule has 1 N–H and O–H groups in total. The number of carboxylic acids is 1. The van der Waals surface area contributed by atoms with Crippen molar-refractivity contribution in [3.8, 4) is 39.6 Å². The zero-order valence-corrected chi connectivity index (χ0v) is 20.2. The highest BCUT2D eigenvalue weighted by atomic mass is 79.9. The van der Waals surface area contributed by atoms with E-state index in [1.807, 2.05) is 18.2 Å². The maximum absolute atomic E-state index is 9.00. The lowest BCUT2D eigenvalue weighted by Gasteiger charge is -2.14. The van der Waals surface area contributed by atoms with Gasteiger partial charge in [0.1, 0.15) is 5.82 Å². The second-order valence-corrected chi connectivity index (χ2v) is 8.48. The summed E-state index contributed by atoms with van der Waals surface area (Å²) in [5.74, 6) is 0.0932. The van der Waals surface area contributed by atoms with Gasteiger partial charge in [-0.1, -0.05) is 107 Å². The largest absolute Gasteiger partial charge is 0.481 e. The molecule has 0 spiro atoms. The molecule has 4 nitrogen and oxygen atoms in total. The molecule has 34 heavy (non-hydrogen) atoms. The SMILES string of the molecule is Brc1ccc(-n2c(-c3ccccc3)nc(-c3ccccc3)c2-c2ccccc2)cc1.CC(=O)O. The molecule has 0 fully saturated rings. The van der Waals surface area contributed by atoms with Crippen LogP contribution in [0.1, 0.15) is 6.92 Å². The highest BCUT2D eigenvalue weighted by Crippen LogP contribution is 2.38. The molecule has 0 unspecified atom stereocenters. The Balaban J connectivity index is 0.000000636. The Labute approximate surface area is 207 Å². The van der Waals surface area contributed by atoms with E-state index in [1.165, 1.54) is 0 Å². The first-order valence-corrected chi connectivity index (χ1v) is 11.6. The van der Waals surface area contributed by atoms with E-state index < -0.39 is 5.97 Å². The molecule has 5 heteroatoms. The quantitative estimate of drug-likeness (QED) is 0.269. The third-order valence-electron chi connectivity index (χ3n) is 5.09. The molecule has 0 saturated carbocycles. The van der Waals surface area contributed by atoms with Gasteiger partial charge in [0.2, 0.25) is 0 Å². The molecular formula is C29H23BrN2O2. The van der Waals surface area contributed by atoms with Crippen molar-refractivity contribution in [1.82, 2.24) is 9.55 Å². The molecular weight excluding hydrogens is 488 g/mol. The van der Waals surface area contributed by atoms with Crippen LogP contribution in [0, 0.1) is 0 Å². The predicted octanol–water partition coefficient (Wildman–Crippen LogP) is 7.73. The summed E-state index contributed by atoms with van der Waals surface area (Å²) in [5.41, 5.74) is 6.45. The van der Waals surface area contributed by atoms with E-state index in [-0.39, 0.29) is 0 Å². The number of rotatable bonds is 4. The summed E-state index contributed by atoms with van der Waals surface area (Å²) >= 11 is 3.56. The van der Waals surface area contributed by atoms with Gasteiger partial charge in [-0.2, -0.15) is 0 Å². The van der Waals surface area contributed by atoms with Crippen LogP contribution >= 0.6 is 15.9 Å². The van der Waals surface area contributed by atoms with Crippen molar-refractivity contribution in [2.75, 3.05) is 0 Å². The maximum Gasteiger partial charge on any atom is 0.300 e. The lowest BCUT2D eigenvalue weighted by atomic mass is 10.0. The van der Waals surface area contributed by atoms with E-state index in [9.17, 15) is 0 Å². The van der Waals surface area contributed by atoms with Crippen LogP contribution in [-0.4, -0.2) is 20.6 Å². The minimum Gasteiger partial charge on any atom is -0.481 e. The lowest BCUT2D eigenvalue weighted by Crippen LogP contribution is -2.00. The van der Waals surface area contributed by atoms with Gasteiger partial charge in [0.05, 0.1) is 11.4 Å². The highest BCUT2D eigenvalue weighted by Gasteiger charge is 2.22. The summed E-state index contributed by atoms with van der Waals surface area (Å²) in [6.45, 7) is 1.08. The van der Waals surface area contributed by atoms with Crippen molar-refractivity contribution in [2.24, 2.45) is 0 Å². The lowest BCUT2D eigenvalue weighted by molar-refractivity contribution is -0.134. The van der Waals surface area contributed by atoms with Gasteiger partial charge in [0, 0.05) is 33.8 Å². The van der Waals surface area contributed by atoms with Gasteiger partial charge in [-0.05, 0) is 24.3 Å². The third kappa shape index (κ3) is 5.33. The maximum atomic E-state index is 9.00. The molecule has 0 aliphatic heterocycles. The van der Waals surface area contributed by atoms with Crippen molar-refractivity contribution < 1.29 is 9.90 Å². The van der Waals surface area contributed by atoms with E-state index in [2.05, 4.69) is 118 Å². The predicted molar refractivity (Wildman–Crippen MR) is 141 cm³/mol. The van der Waals surface area contributed by atoms with Crippen LogP contribution in [0.2, 0.25) is 0 Å². The summed E-state index contributed by atoms with van der Waals surface area (Å²) in [7, 11) is 0. The molecule has 4 aromatic carbocycles. The van der Waals surface area contributed by atoms with E-state index >= 15 is 0 Å². The Morgan fingerprint density at radius 1 is 0.706 bits per heavy atom. The smallest absolute Gasteiger partial charge is 0.300 e. The topological polar surface area (TPSA) is 55.1 Å². The Morgan fingerprint density at radius 2 is 1.15 bits per heavy atom. The standard InChI is InChI=1S/C27H19BrN2.C2H4O2/c28-23-16-18-24(19-17-23)30-26(21-12-6-2-7-13-21)25(20-10-4-1-5-11-20)29-27(30)22-14-8-3-9-15-22;1-2(3)4/h1-19H;1H3,(H,3,4). The van der Waals surface area contributed by atoms with E-state index in [1.54, 1.807) is 0 Å². The minimum atomic E-state index is -0.833. The zero-order valence-electron chi connectivity index (χ0n) is 18.6. The molecule has 0 aliphatic rings. The molecule has 1 heterocycles. The van der Waals surface area contributed by atoms with Crippen LogP contribution in [0.4, 0.5) is 0 Å². The molecule has 168 valence electrons. The fourth-order valence-electron chi connectivity index (χ4n) is 3.70. The summed E-state index contributed by atoms with van der Waals surface area (Å²) in [6.07, 6.45) is 0. The number of hydrogen-bond acceptors (Lipinski definition) is 2. The number of carbonyl (C=O) groups is 1. The van der Waals surface area contributed by atoms with Gasteiger partial charge < -0.3 is 5.11 Å². The summed E-state index contributed by atoms with van der Waals surface area (Å²) in [5, 5.41) is 7.42. The van der Waals surface area contributed by atoms with Crippen molar-refractivity contribution >= 4 is 21.9 Å². The van der Waals surface area contributed by atoms with Gasteiger partial charge >= 0.3 is 0 Å². The third-order valence-corrected chi connectivity index (χ3v) is 5.62. The molecule has 0 bridgehead atoms. The Hall–Kier alpha value is -3.96. The number of aromatic nitrogens is 2. The molecule has 5 rings (SSSR count). The van der Waals surface area contributed by atoms with Gasteiger partial charge in [-0.15, -0.1) is 0 Å². The van der Waals surface area contributed by atoms with Crippen LogP contribution in [0.3, 0.4) is 0 Å². The van der Waals surface area contributed by atoms with E-state index in [4.69, 9.17) is 14.9 Å². The normalized spacial score (nSPS) is 10.3. The highest BCUT2D eigenvalue weighted by molar-refractivity contribution is 9.10. The Morgan fingerprint density at radius 3 is 1.65 bits per heavy atom. The molecule has 0 amide bonds. The summed E-state index contributed by atoms with van der Waals surface area (Å²) in [6, 6.07) is 39.6. The Bertz CT molecular complexity index is 1360. The van der Waals surface area contributed by atoms with Crippen molar-refractivity contribution in [3.05, 3.63) is 120 Å². The van der Waals surface area contributed by atoms with Gasteiger partial charge in [0.15, 0.2) is 0 Å². The Kier molecular flexibility index (Phi) is 7.35. The molecule has 0 saturated heterocycles. The van der Waals surface area contributed by atoms with E-state index in [0.717, 1.165) is 51.0 Å². The average molecular weight is 511 g/mol. The molecule has 0 aliphatic carbocycles. The zero-order chi connectivity index (χ0) is 23.9.